The van der Waals surface area contributed by atoms with Gasteiger partial charge in [0.05, 0.1) is 12.1 Å². The van der Waals surface area contributed by atoms with E-state index in [2.05, 4.69) is 20.1 Å². The van der Waals surface area contributed by atoms with E-state index in [-0.39, 0.29) is 11.4 Å². The molecule has 0 radical (unpaired) electrons. The molecular weight excluding hydrogens is 389 g/mol. The Morgan fingerprint density at radius 3 is 2.90 bits per heavy atom. The third-order valence-corrected chi connectivity index (χ3v) is 6.57. The van der Waals surface area contributed by atoms with Crippen molar-refractivity contribution >= 4 is 21.6 Å². The number of hydrogen-bond donors (Lipinski definition) is 2. The first-order valence-electron chi connectivity index (χ1n) is 9.66. The number of fused-ring (bicyclic) bond motifs is 1. The van der Waals surface area contributed by atoms with Gasteiger partial charge >= 0.3 is 0 Å². The molecule has 1 fully saturated rings. The van der Waals surface area contributed by atoms with Crippen LogP contribution in [0.4, 0.5) is 4.39 Å². The number of benzene rings is 1. The Morgan fingerprint density at radius 2 is 2.10 bits per heavy atom. The lowest BCUT2D eigenvalue weighted by Gasteiger charge is -2.31. The maximum absolute atomic E-state index is 13.2. The van der Waals surface area contributed by atoms with Gasteiger partial charge in [-0.25, -0.2) is 9.37 Å². The van der Waals surface area contributed by atoms with E-state index >= 15 is 0 Å². The number of halogens is 1. The Kier molecular flexibility index (Phi) is 4.73. The van der Waals surface area contributed by atoms with Crippen LogP contribution in [0.1, 0.15) is 30.3 Å². The number of nitrogens with one attached hydrogen (secondary N) is 2. The minimum atomic E-state index is -0.275. The second kappa shape index (κ2) is 7.53. The molecule has 0 amide bonds. The van der Waals surface area contributed by atoms with Crippen LogP contribution in [0, 0.1) is 5.82 Å². The van der Waals surface area contributed by atoms with E-state index < -0.39 is 0 Å². The molecule has 6 nitrogen and oxygen atoms in total. The van der Waals surface area contributed by atoms with E-state index in [0.29, 0.717) is 28.5 Å². The largest absolute Gasteiger partial charge is 0.308 e. The maximum Gasteiger partial charge on any atom is 0.268 e. The molecule has 0 bridgehead atoms. The van der Waals surface area contributed by atoms with Crippen LogP contribution in [0.15, 0.2) is 47.4 Å². The summed E-state index contributed by atoms with van der Waals surface area (Å²) in [6, 6.07) is 10.2. The molecule has 5 rings (SSSR count). The van der Waals surface area contributed by atoms with Gasteiger partial charge in [-0.1, -0.05) is 12.1 Å². The SMILES string of the molecule is O=c1[nH]c(CN2CCCC(c3ccn[nH]3)C2)nc2cc(-c3ccc(F)cc3)sc12. The van der Waals surface area contributed by atoms with Crippen LogP contribution in [0.25, 0.3) is 20.7 Å². The molecule has 0 aliphatic carbocycles. The van der Waals surface area contributed by atoms with Gasteiger partial charge in [-0.3, -0.25) is 14.8 Å². The number of piperidine rings is 1. The molecule has 1 saturated heterocycles. The molecule has 148 valence electrons. The molecule has 4 heterocycles. The standard InChI is InChI=1S/C21H20FN5OS/c22-15-5-3-13(4-6-15)18-10-17-20(29-18)21(28)25-19(24-17)12-27-9-1-2-14(11-27)16-7-8-23-26-16/h3-8,10,14H,1-2,9,11-12H2,(H,23,26)(H,24,25,28). The average Bonchev–Trinajstić information content (AvgIpc) is 3.39. The molecule has 1 aromatic carbocycles. The predicted octanol–water partition coefficient (Wildman–Crippen LogP) is 3.89. The van der Waals surface area contributed by atoms with Gasteiger partial charge in [0.1, 0.15) is 16.3 Å². The fraction of sp³-hybridized carbons (Fsp3) is 0.286. The van der Waals surface area contributed by atoms with E-state index in [1.165, 1.54) is 23.5 Å². The van der Waals surface area contributed by atoms with Gasteiger partial charge < -0.3 is 4.98 Å². The zero-order valence-electron chi connectivity index (χ0n) is 15.7. The summed E-state index contributed by atoms with van der Waals surface area (Å²) in [6.07, 6.45) is 4.02. The van der Waals surface area contributed by atoms with Crippen molar-refractivity contribution in [2.45, 2.75) is 25.3 Å². The van der Waals surface area contributed by atoms with Crippen molar-refractivity contribution < 1.29 is 4.39 Å². The van der Waals surface area contributed by atoms with Crippen LogP contribution >= 0.6 is 11.3 Å². The third kappa shape index (κ3) is 3.73. The molecule has 0 saturated carbocycles. The molecule has 1 unspecified atom stereocenters. The highest BCUT2D eigenvalue weighted by Crippen LogP contribution is 2.31. The van der Waals surface area contributed by atoms with Crippen LogP contribution in [-0.4, -0.2) is 38.2 Å². The summed E-state index contributed by atoms with van der Waals surface area (Å²) in [4.78, 5) is 23.5. The van der Waals surface area contributed by atoms with Crippen LogP contribution in [0.3, 0.4) is 0 Å². The summed E-state index contributed by atoms with van der Waals surface area (Å²) < 4.78 is 13.8. The van der Waals surface area contributed by atoms with Crippen molar-refractivity contribution in [2.24, 2.45) is 0 Å². The van der Waals surface area contributed by atoms with Crippen LogP contribution in [0.2, 0.25) is 0 Å². The van der Waals surface area contributed by atoms with E-state index in [1.807, 2.05) is 12.1 Å². The van der Waals surface area contributed by atoms with Gasteiger partial charge in [0.25, 0.3) is 5.56 Å². The van der Waals surface area contributed by atoms with Crippen molar-refractivity contribution in [2.75, 3.05) is 13.1 Å². The molecule has 1 atom stereocenters. The summed E-state index contributed by atoms with van der Waals surface area (Å²) in [5.74, 6) is 0.826. The molecule has 2 N–H and O–H groups in total. The lowest BCUT2D eigenvalue weighted by atomic mass is 9.95. The van der Waals surface area contributed by atoms with Gasteiger partial charge in [0, 0.05) is 29.2 Å². The first-order valence-corrected chi connectivity index (χ1v) is 10.5. The average molecular weight is 409 g/mol. The number of nitrogens with zero attached hydrogens (tertiary/aromatic N) is 3. The predicted molar refractivity (Wildman–Crippen MR) is 111 cm³/mol. The first-order chi connectivity index (χ1) is 14.2. The third-order valence-electron chi connectivity index (χ3n) is 5.40. The summed E-state index contributed by atoms with van der Waals surface area (Å²) in [5, 5.41) is 7.14. The van der Waals surface area contributed by atoms with Gasteiger partial charge in [0.15, 0.2) is 0 Å². The minimum Gasteiger partial charge on any atom is -0.308 e. The Hall–Kier alpha value is -2.84. The van der Waals surface area contributed by atoms with Crippen molar-refractivity contribution in [3.63, 3.8) is 0 Å². The number of H-pyrrole nitrogens is 2. The Bertz CT molecular complexity index is 1180. The summed E-state index contributed by atoms with van der Waals surface area (Å²) in [7, 11) is 0. The lowest BCUT2D eigenvalue weighted by Crippen LogP contribution is -2.35. The maximum atomic E-state index is 13.2. The van der Waals surface area contributed by atoms with Crippen LogP contribution < -0.4 is 5.56 Å². The monoisotopic (exact) mass is 409 g/mol. The number of likely N-dealkylation sites (tertiary alicyclic amines) is 1. The molecule has 1 aliphatic rings. The van der Waals surface area contributed by atoms with E-state index in [4.69, 9.17) is 4.98 Å². The first kappa shape index (κ1) is 18.2. The Labute approximate surface area is 170 Å². The number of aromatic nitrogens is 4. The highest BCUT2D eigenvalue weighted by molar-refractivity contribution is 7.22. The smallest absolute Gasteiger partial charge is 0.268 e. The molecule has 8 heteroatoms. The molecule has 29 heavy (non-hydrogen) atoms. The van der Waals surface area contributed by atoms with Crippen LogP contribution in [-0.2, 0) is 6.54 Å². The molecule has 4 aromatic rings. The second-order valence-electron chi connectivity index (χ2n) is 7.43. The number of aromatic amines is 2. The highest BCUT2D eigenvalue weighted by atomic mass is 32.1. The fourth-order valence-corrected chi connectivity index (χ4v) is 4.98. The summed E-state index contributed by atoms with van der Waals surface area (Å²) in [6.45, 7) is 2.50. The quantitative estimate of drug-likeness (QED) is 0.536. The van der Waals surface area contributed by atoms with Gasteiger partial charge in [-0.2, -0.15) is 5.10 Å². The molecular formula is C21H20FN5OS. The Balaban J connectivity index is 1.39. The molecule has 1 aliphatic heterocycles. The Morgan fingerprint density at radius 1 is 1.24 bits per heavy atom. The van der Waals surface area contributed by atoms with Crippen molar-refractivity contribution in [3.8, 4) is 10.4 Å². The van der Waals surface area contributed by atoms with Crippen LogP contribution in [0.5, 0.6) is 0 Å². The van der Waals surface area contributed by atoms with Gasteiger partial charge in [-0.05, 0) is 49.2 Å². The lowest BCUT2D eigenvalue weighted by molar-refractivity contribution is 0.194. The topological polar surface area (TPSA) is 77.7 Å². The van der Waals surface area contributed by atoms with E-state index in [9.17, 15) is 9.18 Å². The minimum absolute atomic E-state index is 0.120. The molecule has 0 spiro atoms. The van der Waals surface area contributed by atoms with E-state index in [0.717, 1.165) is 42.1 Å². The number of hydrogen-bond acceptors (Lipinski definition) is 5. The summed E-state index contributed by atoms with van der Waals surface area (Å²) in [5.41, 5.74) is 2.61. The highest BCUT2D eigenvalue weighted by Gasteiger charge is 2.23. The normalized spacial score (nSPS) is 17.8. The molecule has 3 aromatic heterocycles. The van der Waals surface area contributed by atoms with E-state index in [1.54, 1.807) is 18.3 Å². The summed E-state index contributed by atoms with van der Waals surface area (Å²) >= 11 is 1.38. The van der Waals surface area contributed by atoms with Gasteiger partial charge in [-0.15, -0.1) is 11.3 Å². The van der Waals surface area contributed by atoms with Crippen molar-refractivity contribution in [1.29, 1.82) is 0 Å². The number of rotatable bonds is 4. The zero-order chi connectivity index (χ0) is 19.8. The fourth-order valence-electron chi connectivity index (χ4n) is 3.98. The van der Waals surface area contributed by atoms with Crippen molar-refractivity contribution in [1.82, 2.24) is 25.1 Å². The zero-order valence-corrected chi connectivity index (χ0v) is 16.5. The second-order valence-corrected chi connectivity index (χ2v) is 8.48. The van der Waals surface area contributed by atoms with Gasteiger partial charge in [0.2, 0.25) is 0 Å². The number of thiophene rings is 1. The van der Waals surface area contributed by atoms with Crippen molar-refractivity contribution in [3.05, 3.63) is 70.3 Å².